The highest BCUT2D eigenvalue weighted by molar-refractivity contribution is 5.66. The smallest absolute Gasteiger partial charge is 0.407 e. The highest BCUT2D eigenvalue weighted by atomic mass is 16.5. The zero-order chi connectivity index (χ0) is 13.5. The number of amides is 2. The van der Waals surface area contributed by atoms with Crippen LogP contribution in [0.15, 0.2) is 0 Å². The normalized spacial score (nSPS) is 8.65. The topological polar surface area (TPSA) is 111 Å². The zero-order valence-corrected chi connectivity index (χ0v) is 10.3. The fourth-order valence-corrected chi connectivity index (χ4v) is 0.679. The Bertz CT molecular complexity index is 199. The predicted octanol–water partition coefficient (Wildman–Crippen LogP) is -0.556. The van der Waals surface area contributed by atoms with E-state index in [0.29, 0.717) is 26.1 Å². The number of rotatable bonds is 6. The summed E-state index contributed by atoms with van der Waals surface area (Å²) < 4.78 is 4.56. The van der Waals surface area contributed by atoms with E-state index in [0.717, 1.165) is 6.42 Å². The van der Waals surface area contributed by atoms with Gasteiger partial charge in [0.05, 0.1) is 6.61 Å². The quantitative estimate of drug-likeness (QED) is 0.547. The molecule has 0 saturated carbocycles. The molecule has 2 amide bonds. The van der Waals surface area contributed by atoms with Gasteiger partial charge in [-0.2, -0.15) is 0 Å². The minimum Gasteiger partial charge on any atom is -0.530 e. The maximum atomic E-state index is 10.5. The molecular formula is C10H21N2O5-. The predicted molar refractivity (Wildman–Crippen MR) is 60.4 cm³/mol. The van der Waals surface area contributed by atoms with Crippen LogP contribution in [0.2, 0.25) is 0 Å². The van der Waals surface area contributed by atoms with Crippen LogP contribution in [0.3, 0.4) is 0 Å². The Morgan fingerprint density at radius 2 is 1.88 bits per heavy atom. The van der Waals surface area contributed by atoms with Crippen LogP contribution in [0.25, 0.3) is 0 Å². The fourth-order valence-electron chi connectivity index (χ4n) is 0.679. The Balaban J connectivity index is 0. The van der Waals surface area contributed by atoms with Gasteiger partial charge in [-0.05, 0) is 19.8 Å². The first-order valence-electron chi connectivity index (χ1n) is 5.54. The first-order chi connectivity index (χ1) is 8.08. The molecule has 102 valence electrons. The van der Waals surface area contributed by atoms with Crippen molar-refractivity contribution in [3.05, 3.63) is 0 Å². The second-order valence-electron chi connectivity index (χ2n) is 2.94. The average molecular weight is 249 g/mol. The average Bonchev–Trinajstić information content (AvgIpc) is 2.28. The molecule has 7 nitrogen and oxygen atoms in total. The fraction of sp³-hybridized carbons (Fsp3) is 0.800. The van der Waals surface area contributed by atoms with Gasteiger partial charge in [0.2, 0.25) is 0 Å². The molecule has 3 N–H and O–H groups in total. The van der Waals surface area contributed by atoms with Gasteiger partial charge in [0.1, 0.15) is 6.09 Å². The first-order valence-corrected chi connectivity index (χ1v) is 5.54. The molecule has 0 aliphatic heterocycles. The number of nitrogens with one attached hydrogen (secondary N) is 2. The van der Waals surface area contributed by atoms with Crippen molar-refractivity contribution < 1.29 is 24.5 Å². The lowest BCUT2D eigenvalue weighted by atomic mass is 10.5. The molecular weight excluding hydrogens is 228 g/mol. The van der Waals surface area contributed by atoms with E-state index in [1.165, 1.54) is 0 Å². The molecule has 0 fully saturated rings. The summed E-state index contributed by atoms with van der Waals surface area (Å²) in [6.07, 6.45) is -0.231. The van der Waals surface area contributed by atoms with Crippen molar-refractivity contribution in [1.82, 2.24) is 10.6 Å². The van der Waals surface area contributed by atoms with E-state index in [2.05, 4.69) is 15.4 Å². The number of carbonyl (C=O) groups excluding carboxylic acids is 2. The van der Waals surface area contributed by atoms with Crippen LogP contribution in [-0.4, -0.2) is 43.6 Å². The number of aliphatic hydroxyl groups excluding tert-OH is 1. The summed E-state index contributed by atoms with van der Waals surface area (Å²) in [4.78, 5) is 20.0. The van der Waals surface area contributed by atoms with Crippen molar-refractivity contribution in [2.75, 3.05) is 26.3 Å². The van der Waals surface area contributed by atoms with Crippen molar-refractivity contribution >= 4 is 12.2 Å². The largest absolute Gasteiger partial charge is 0.530 e. The third-order valence-corrected chi connectivity index (χ3v) is 1.40. The monoisotopic (exact) mass is 249 g/mol. The lowest BCUT2D eigenvalue weighted by Gasteiger charge is -2.02. The minimum atomic E-state index is -1.19. The summed E-state index contributed by atoms with van der Waals surface area (Å²) in [5.41, 5.74) is 0. The summed E-state index contributed by atoms with van der Waals surface area (Å²) >= 11 is 0. The number of hydrogen-bond acceptors (Lipinski definition) is 5. The number of aliphatic hydroxyl groups is 1. The molecule has 0 aliphatic rings. The summed E-state index contributed by atoms with van der Waals surface area (Å²) in [6.45, 7) is 5.05. The second kappa shape index (κ2) is 14.5. The highest BCUT2D eigenvalue weighted by Gasteiger charge is 1.96. The van der Waals surface area contributed by atoms with E-state index in [1.807, 2.05) is 6.92 Å². The van der Waals surface area contributed by atoms with Crippen LogP contribution in [-0.2, 0) is 4.74 Å². The van der Waals surface area contributed by atoms with Gasteiger partial charge in [-0.1, -0.05) is 6.92 Å². The van der Waals surface area contributed by atoms with Gasteiger partial charge in [0, 0.05) is 19.7 Å². The minimum absolute atomic E-state index is 0.0897. The molecule has 0 rings (SSSR count). The lowest BCUT2D eigenvalue weighted by molar-refractivity contribution is -0.250. The van der Waals surface area contributed by atoms with Crippen LogP contribution >= 0.6 is 0 Å². The van der Waals surface area contributed by atoms with Gasteiger partial charge in [-0.15, -0.1) is 0 Å². The van der Waals surface area contributed by atoms with Gasteiger partial charge in [-0.3, -0.25) is 0 Å². The lowest BCUT2D eigenvalue weighted by Crippen LogP contribution is -2.36. The molecule has 0 radical (unpaired) electrons. The Kier molecular flexibility index (Phi) is 15.3. The molecule has 0 heterocycles. The standard InChI is InChI=1S/C6H13NO3.C4H9NO2/c1-2-10-6(9)7-4-3-5-8;1-2-3-5-4(6)7/h8H,2-5H2,1H3,(H,7,9);5H,2-3H2,1H3,(H,6,7)/p-1. The maximum Gasteiger partial charge on any atom is 0.407 e. The van der Waals surface area contributed by atoms with Crippen LogP contribution in [0.1, 0.15) is 26.7 Å². The Hall–Kier alpha value is -1.50. The SMILES string of the molecule is CCCNC(=O)[O-].CCOC(=O)NCCCO. The van der Waals surface area contributed by atoms with E-state index >= 15 is 0 Å². The number of hydrogen-bond donors (Lipinski definition) is 3. The highest BCUT2D eigenvalue weighted by Crippen LogP contribution is 1.77. The Labute approximate surface area is 101 Å². The van der Waals surface area contributed by atoms with Crippen LogP contribution in [0.5, 0.6) is 0 Å². The maximum absolute atomic E-state index is 10.5. The van der Waals surface area contributed by atoms with Gasteiger partial charge < -0.3 is 30.4 Å². The molecule has 0 aromatic rings. The molecule has 0 unspecified atom stereocenters. The molecule has 0 bridgehead atoms. The van der Waals surface area contributed by atoms with Gasteiger partial charge in [-0.25, -0.2) is 4.79 Å². The number of carboxylic acid groups (broad SMARTS) is 1. The summed E-state index contributed by atoms with van der Waals surface area (Å²) in [6, 6.07) is 0. The Morgan fingerprint density at radius 1 is 1.24 bits per heavy atom. The number of alkyl carbamates (subject to hydrolysis) is 1. The summed E-state index contributed by atoms with van der Waals surface area (Å²) in [5, 5.41) is 22.4. The second-order valence-corrected chi connectivity index (χ2v) is 2.94. The molecule has 0 aromatic carbocycles. The molecule has 0 aromatic heterocycles. The van der Waals surface area contributed by atoms with Gasteiger partial charge >= 0.3 is 6.09 Å². The van der Waals surface area contributed by atoms with Crippen molar-refractivity contribution in [2.24, 2.45) is 0 Å². The van der Waals surface area contributed by atoms with Crippen molar-refractivity contribution in [3.8, 4) is 0 Å². The van der Waals surface area contributed by atoms with E-state index < -0.39 is 12.2 Å². The zero-order valence-electron chi connectivity index (χ0n) is 10.3. The van der Waals surface area contributed by atoms with Crippen LogP contribution < -0.4 is 15.7 Å². The van der Waals surface area contributed by atoms with Crippen molar-refractivity contribution in [2.45, 2.75) is 26.7 Å². The van der Waals surface area contributed by atoms with Gasteiger partial charge in [0.25, 0.3) is 0 Å². The molecule has 0 aliphatic carbocycles. The van der Waals surface area contributed by atoms with Crippen molar-refractivity contribution in [3.63, 3.8) is 0 Å². The Morgan fingerprint density at radius 3 is 2.24 bits per heavy atom. The van der Waals surface area contributed by atoms with Gasteiger partial charge in [0.15, 0.2) is 0 Å². The third-order valence-electron chi connectivity index (χ3n) is 1.40. The summed E-state index contributed by atoms with van der Waals surface area (Å²) in [5.74, 6) is 0. The summed E-state index contributed by atoms with van der Waals surface area (Å²) in [7, 11) is 0. The molecule has 17 heavy (non-hydrogen) atoms. The number of ether oxygens (including phenoxy) is 1. The van der Waals surface area contributed by atoms with E-state index in [9.17, 15) is 14.7 Å². The molecule has 0 saturated heterocycles. The van der Waals surface area contributed by atoms with E-state index in [-0.39, 0.29) is 6.61 Å². The van der Waals surface area contributed by atoms with Crippen LogP contribution in [0, 0.1) is 0 Å². The molecule has 0 atom stereocenters. The van der Waals surface area contributed by atoms with Crippen molar-refractivity contribution in [1.29, 1.82) is 0 Å². The van der Waals surface area contributed by atoms with E-state index in [4.69, 9.17) is 5.11 Å². The third kappa shape index (κ3) is 20.5. The number of carbonyl (C=O) groups is 2. The first kappa shape index (κ1) is 17.9. The van der Waals surface area contributed by atoms with E-state index in [1.54, 1.807) is 6.92 Å². The molecule has 7 heteroatoms. The van der Waals surface area contributed by atoms with Crippen LogP contribution in [0.4, 0.5) is 9.59 Å². The molecule has 0 spiro atoms.